The molecule has 1 aliphatic heterocycles. The zero-order chi connectivity index (χ0) is 13.9. The van der Waals surface area contributed by atoms with E-state index in [2.05, 4.69) is 20.9 Å². The summed E-state index contributed by atoms with van der Waals surface area (Å²) in [4.78, 5) is 16.6. The number of aromatic nitrogens is 1. The van der Waals surface area contributed by atoms with Crippen molar-refractivity contribution in [2.75, 3.05) is 6.61 Å². The van der Waals surface area contributed by atoms with E-state index in [1.165, 1.54) is 0 Å². The molecule has 20 heavy (non-hydrogen) atoms. The average Bonchev–Trinajstić information content (AvgIpc) is 2.60. The predicted molar refractivity (Wildman–Crippen MR) is 80.8 cm³/mol. The fourth-order valence-corrected chi connectivity index (χ4v) is 2.50. The highest BCUT2D eigenvalue weighted by Gasteiger charge is 2.21. The molecule has 0 N–H and O–H groups in total. The first-order chi connectivity index (χ1) is 9.74. The van der Waals surface area contributed by atoms with Crippen LogP contribution in [0.15, 0.2) is 52.8 Å². The largest absolute Gasteiger partial charge is 0.492 e. The molecule has 4 heteroatoms. The number of benzene rings is 1. The molecule has 0 unspecified atom stereocenters. The lowest BCUT2D eigenvalue weighted by Crippen LogP contribution is -2.02. The zero-order valence-electron chi connectivity index (χ0n) is 10.7. The topological polar surface area (TPSA) is 39.2 Å². The molecule has 2 aromatic rings. The first-order valence-corrected chi connectivity index (χ1v) is 7.11. The number of fused-ring (bicyclic) bond motifs is 1. The number of pyridine rings is 1. The van der Waals surface area contributed by atoms with Gasteiger partial charge in [-0.2, -0.15) is 0 Å². The summed E-state index contributed by atoms with van der Waals surface area (Å²) in [6, 6.07) is 9.27. The summed E-state index contributed by atoms with van der Waals surface area (Å²) in [6.07, 6.45) is 5.94. The summed E-state index contributed by atoms with van der Waals surface area (Å²) in [7, 11) is 0. The van der Waals surface area contributed by atoms with Gasteiger partial charge in [-0.05, 0) is 35.9 Å². The Bertz CT molecular complexity index is 680. The van der Waals surface area contributed by atoms with Gasteiger partial charge in [-0.3, -0.25) is 9.78 Å². The van der Waals surface area contributed by atoms with Crippen LogP contribution in [-0.2, 0) is 0 Å². The Hall–Kier alpha value is -1.94. The minimum absolute atomic E-state index is 0.0221. The van der Waals surface area contributed by atoms with Crippen LogP contribution in [0.5, 0.6) is 5.75 Å². The lowest BCUT2D eigenvalue weighted by atomic mass is 9.99. The standard InChI is InChI=1S/C16H12BrNO2/c17-13-3-4-14-15(9-13)20-7-5-12(16(14)19)8-11-2-1-6-18-10-11/h1-4,6,8-10H,5,7H2. The number of nitrogens with zero attached hydrogens (tertiary/aromatic N) is 1. The van der Waals surface area contributed by atoms with Gasteiger partial charge in [0.2, 0.25) is 0 Å². The highest BCUT2D eigenvalue weighted by molar-refractivity contribution is 9.10. The molecule has 0 saturated heterocycles. The van der Waals surface area contributed by atoms with Gasteiger partial charge in [0.15, 0.2) is 5.78 Å². The number of ether oxygens (including phenoxy) is 1. The molecule has 1 aromatic carbocycles. The van der Waals surface area contributed by atoms with Crippen molar-refractivity contribution < 1.29 is 9.53 Å². The maximum atomic E-state index is 12.6. The number of carbonyl (C=O) groups excluding carboxylic acids is 1. The van der Waals surface area contributed by atoms with Gasteiger partial charge in [0.1, 0.15) is 5.75 Å². The van der Waals surface area contributed by atoms with Crippen molar-refractivity contribution in [2.45, 2.75) is 6.42 Å². The van der Waals surface area contributed by atoms with E-state index in [1.807, 2.05) is 30.3 Å². The van der Waals surface area contributed by atoms with Gasteiger partial charge in [0, 0.05) is 28.9 Å². The highest BCUT2D eigenvalue weighted by Crippen LogP contribution is 2.30. The van der Waals surface area contributed by atoms with E-state index in [9.17, 15) is 4.79 Å². The normalized spacial score (nSPS) is 16.4. The Morgan fingerprint density at radius 2 is 2.20 bits per heavy atom. The Balaban J connectivity index is 2.01. The monoisotopic (exact) mass is 329 g/mol. The van der Waals surface area contributed by atoms with Crippen LogP contribution in [0, 0.1) is 0 Å². The lowest BCUT2D eigenvalue weighted by Gasteiger charge is -2.05. The molecule has 0 radical (unpaired) electrons. The molecular weight excluding hydrogens is 318 g/mol. The number of hydrogen-bond donors (Lipinski definition) is 0. The summed E-state index contributed by atoms with van der Waals surface area (Å²) in [5, 5.41) is 0. The molecule has 3 rings (SSSR count). The fourth-order valence-electron chi connectivity index (χ4n) is 2.16. The molecule has 100 valence electrons. The third kappa shape index (κ3) is 2.65. The van der Waals surface area contributed by atoms with Crippen LogP contribution < -0.4 is 4.74 Å². The molecule has 0 atom stereocenters. The van der Waals surface area contributed by atoms with Crippen molar-refractivity contribution in [1.82, 2.24) is 4.98 Å². The Kier molecular flexibility index (Phi) is 3.65. The van der Waals surface area contributed by atoms with Gasteiger partial charge >= 0.3 is 0 Å². The summed E-state index contributed by atoms with van der Waals surface area (Å²) in [5.41, 5.74) is 2.29. The van der Waals surface area contributed by atoms with Crippen molar-refractivity contribution in [3.63, 3.8) is 0 Å². The van der Waals surface area contributed by atoms with Crippen molar-refractivity contribution in [3.8, 4) is 5.75 Å². The zero-order valence-corrected chi connectivity index (χ0v) is 12.3. The second-order valence-corrected chi connectivity index (χ2v) is 5.44. The molecule has 0 fully saturated rings. The molecule has 0 saturated carbocycles. The Morgan fingerprint density at radius 3 is 3.00 bits per heavy atom. The second-order valence-electron chi connectivity index (χ2n) is 4.52. The van der Waals surface area contributed by atoms with Gasteiger partial charge in [-0.15, -0.1) is 0 Å². The number of Topliss-reactive ketones (excluding diaryl/α,β-unsaturated/α-hetero) is 1. The fraction of sp³-hybridized carbons (Fsp3) is 0.125. The molecule has 0 spiro atoms. The van der Waals surface area contributed by atoms with Crippen LogP contribution in [-0.4, -0.2) is 17.4 Å². The molecule has 1 aromatic heterocycles. The quantitative estimate of drug-likeness (QED) is 0.745. The highest BCUT2D eigenvalue weighted by atomic mass is 79.9. The van der Waals surface area contributed by atoms with Crippen molar-refractivity contribution in [3.05, 3.63) is 63.9 Å². The molecule has 2 heterocycles. The molecule has 1 aliphatic rings. The van der Waals surface area contributed by atoms with Crippen molar-refractivity contribution in [2.24, 2.45) is 0 Å². The van der Waals surface area contributed by atoms with Crippen molar-refractivity contribution in [1.29, 1.82) is 0 Å². The number of hydrogen-bond acceptors (Lipinski definition) is 3. The van der Waals surface area contributed by atoms with E-state index < -0.39 is 0 Å². The van der Waals surface area contributed by atoms with Crippen LogP contribution >= 0.6 is 15.9 Å². The van der Waals surface area contributed by atoms with E-state index in [-0.39, 0.29) is 5.78 Å². The van der Waals surface area contributed by atoms with E-state index in [0.29, 0.717) is 24.3 Å². The third-order valence-corrected chi connectivity index (χ3v) is 3.63. The smallest absolute Gasteiger partial charge is 0.192 e. The number of rotatable bonds is 1. The SMILES string of the molecule is O=C1C(=Cc2cccnc2)CCOc2cc(Br)ccc21. The Morgan fingerprint density at radius 1 is 1.30 bits per heavy atom. The van der Waals surface area contributed by atoms with Crippen LogP contribution in [0.25, 0.3) is 6.08 Å². The van der Waals surface area contributed by atoms with Gasteiger partial charge < -0.3 is 4.74 Å². The first-order valence-electron chi connectivity index (χ1n) is 6.32. The van der Waals surface area contributed by atoms with Crippen LogP contribution in [0.2, 0.25) is 0 Å². The summed E-state index contributed by atoms with van der Waals surface area (Å²) in [6.45, 7) is 0.501. The Labute approximate surface area is 125 Å². The minimum Gasteiger partial charge on any atom is -0.492 e. The van der Waals surface area contributed by atoms with E-state index in [1.54, 1.807) is 18.5 Å². The number of ketones is 1. The lowest BCUT2D eigenvalue weighted by molar-refractivity contribution is 0.103. The molecule has 0 amide bonds. The minimum atomic E-state index is 0.0221. The van der Waals surface area contributed by atoms with E-state index in [0.717, 1.165) is 15.6 Å². The predicted octanol–water partition coefficient (Wildman–Crippen LogP) is 3.89. The second kappa shape index (κ2) is 5.59. The van der Waals surface area contributed by atoms with Gasteiger partial charge in [-0.1, -0.05) is 22.0 Å². The maximum absolute atomic E-state index is 12.6. The number of halogens is 1. The van der Waals surface area contributed by atoms with Gasteiger partial charge in [0.05, 0.1) is 12.2 Å². The molecule has 0 aliphatic carbocycles. The first kappa shape index (κ1) is 13.1. The maximum Gasteiger partial charge on any atom is 0.192 e. The summed E-state index contributed by atoms with van der Waals surface area (Å²) < 4.78 is 6.57. The molecule has 3 nitrogen and oxygen atoms in total. The molecular formula is C16H12BrNO2. The van der Waals surface area contributed by atoms with Gasteiger partial charge in [0.25, 0.3) is 0 Å². The van der Waals surface area contributed by atoms with E-state index in [4.69, 9.17) is 4.74 Å². The van der Waals surface area contributed by atoms with E-state index >= 15 is 0 Å². The van der Waals surface area contributed by atoms with Crippen LogP contribution in [0.1, 0.15) is 22.3 Å². The summed E-state index contributed by atoms with van der Waals surface area (Å²) >= 11 is 3.39. The average molecular weight is 330 g/mol. The van der Waals surface area contributed by atoms with Crippen LogP contribution in [0.3, 0.4) is 0 Å². The molecule has 0 bridgehead atoms. The third-order valence-electron chi connectivity index (χ3n) is 3.13. The van der Waals surface area contributed by atoms with Crippen molar-refractivity contribution >= 4 is 27.8 Å². The number of carbonyl (C=O) groups is 1. The van der Waals surface area contributed by atoms with Crippen LogP contribution in [0.4, 0.5) is 0 Å². The summed E-state index contributed by atoms with van der Waals surface area (Å²) in [5.74, 6) is 0.660. The van der Waals surface area contributed by atoms with Gasteiger partial charge in [-0.25, -0.2) is 0 Å².